The Morgan fingerprint density at radius 1 is 1.00 bits per heavy atom. The topological polar surface area (TPSA) is 96.8 Å². The van der Waals surface area contributed by atoms with Crippen LogP contribution < -0.4 is 10.2 Å². The second-order valence-electron chi connectivity index (χ2n) is 15.4. The number of anilines is 1. The molecule has 7 rings (SSSR count). The number of likely N-dealkylation sites (tertiary alicyclic amines) is 1. The lowest BCUT2D eigenvalue weighted by atomic mass is 9.58. The lowest BCUT2D eigenvalue weighted by Gasteiger charge is -2.51. The maximum atomic E-state index is 15.1. The van der Waals surface area contributed by atoms with Crippen LogP contribution in [-0.2, 0) is 33.0 Å². The number of nitrogens with one attached hydrogen (secondary N) is 1. The summed E-state index contributed by atoms with van der Waals surface area (Å²) in [6, 6.07) is 14.7. The molecule has 1 N–H and O–H groups in total. The molecule has 0 unspecified atom stereocenters. The van der Waals surface area contributed by atoms with E-state index in [-0.39, 0.29) is 28.9 Å². The van der Waals surface area contributed by atoms with Gasteiger partial charge >= 0.3 is 6.09 Å². The number of benzene rings is 2. The zero-order valence-electron chi connectivity index (χ0n) is 30.2. The van der Waals surface area contributed by atoms with E-state index in [1.165, 1.54) is 13.2 Å². The van der Waals surface area contributed by atoms with Crippen LogP contribution in [0.3, 0.4) is 0 Å². The summed E-state index contributed by atoms with van der Waals surface area (Å²) in [6.45, 7) is 7.71. The van der Waals surface area contributed by atoms with Crippen molar-refractivity contribution >= 4 is 21.6 Å². The largest absolute Gasteiger partial charge is 0.453 e. The molecule has 2 aromatic carbocycles. The first-order chi connectivity index (χ1) is 24.7. The minimum absolute atomic E-state index is 0.0646. The number of nitrogens with zero attached hydrogens (tertiary/aromatic N) is 4. The number of amides is 1. The number of ether oxygens (including phenoxy) is 1. The summed E-state index contributed by atoms with van der Waals surface area (Å²) in [7, 11) is -1.83. The molecule has 2 aliphatic heterocycles. The van der Waals surface area contributed by atoms with Gasteiger partial charge in [0.1, 0.15) is 11.6 Å². The number of rotatable bonds is 12. The van der Waals surface area contributed by atoms with Gasteiger partial charge in [-0.05, 0) is 105 Å². The Bertz CT molecular complexity index is 1750. The first-order valence-electron chi connectivity index (χ1n) is 19.1. The van der Waals surface area contributed by atoms with Gasteiger partial charge in [0.2, 0.25) is 0 Å². The highest BCUT2D eigenvalue weighted by Gasteiger charge is 2.52. The first kappa shape index (κ1) is 35.9. The fourth-order valence-corrected chi connectivity index (χ4v) is 11.9. The van der Waals surface area contributed by atoms with E-state index in [1.54, 1.807) is 18.2 Å². The number of imidazole rings is 1. The van der Waals surface area contributed by atoms with E-state index in [9.17, 15) is 13.2 Å². The van der Waals surface area contributed by atoms with Crippen molar-refractivity contribution in [3.63, 3.8) is 0 Å². The fourth-order valence-electron chi connectivity index (χ4n) is 10.0. The van der Waals surface area contributed by atoms with Gasteiger partial charge in [-0.3, -0.25) is 0 Å². The van der Waals surface area contributed by atoms with Crippen LogP contribution in [0.4, 0.5) is 14.9 Å². The number of halogens is 1. The van der Waals surface area contributed by atoms with Gasteiger partial charge in [0.25, 0.3) is 0 Å². The fraction of sp³-hybridized carbons (Fsp3) is 0.600. The number of alkyl carbamates (subject to hydrolysis) is 1. The van der Waals surface area contributed by atoms with Crippen LogP contribution in [0.2, 0.25) is 0 Å². The minimum Gasteiger partial charge on any atom is -0.453 e. The summed E-state index contributed by atoms with van der Waals surface area (Å²) in [5.41, 5.74) is 1.69. The Morgan fingerprint density at radius 2 is 1.75 bits per heavy atom. The average Bonchev–Trinajstić information content (AvgIpc) is 3.92. The Balaban J connectivity index is 1.05. The predicted octanol–water partition coefficient (Wildman–Crippen LogP) is 6.61. The summed E-state index contributed by atoms with van der Waals surface area (Å²) < 4.78 is 48.6. The van der Waals surface area contributed by atoms with Crippen molar-refractivity contribution in [2.75, 3.05) is 44.7 Å². The van der Waals surface area contributed by atoms with Crippen molar-refractivity contribution in [1.82, 2.24) is 19.8 Å². The molecule has 3 heterocycles. The van der Waals surface area contributed by atoms with Gasteiger partial charge in [0, 0.05) is 68.1 Å². The molecule has 2 aliphatic carbocycles. The molecule has 11 heteroatoms. The minimum atomic E-state index is -3.24. The van der Waals surface area contributed by atoms with Crippen LogP contribution in [0.25, 0.3) is 0 Å². The molecule has 1 aromatic heterocycles. The van der Waals surface area contributed by atoms with Crippen molar-refractivity contribution in [3.8, 4) is 0 Å². The molecule has 3 aromatic rings. The summed E-state index contributed by atoms with van der Waals surface area (Å²) in [5, 5.41) is 2.96. The van der Waals surface area contributed by atoms with E-state index < -0.39 is 21.3 Å². The molecule has 0 radical (unpaired) electrons. The molecule has 0 bridgehead atoms. The van der Waals surface area contributed by atoms with E-state index >= 15 is 4.39 Å². The molecular weight excluding hydrogens is 666 g/mol. The smallest absolute Gasteiger partial charge is 0.407 e. The number of methoxy groups -OCH3 is 1. The number of carbonyl (C=O) groups is 1. The van der Waals surface area contributed by atoms with Crippen LogP contribution in [-0.4, -0.2) is 80.1 Å². The van der Waals surface area contributed by atoms with Crippen molar-refractivity contribution in [2.45, 2.75) is 99.3 Å². The highest BCUT2D eigenvalue weighted by atomic mass is 32.2. The second kappa shape index (κ2) is 15.3. The maximum Gasteiger partial charge on any atom is 0.407 e. The van der Waals surface area contributed by atoms with E-state index in [2.05, 4.69) is 43.9 Å². The molecule has 1 amide bonds. The second-order valence-corrected chi connectivity index (χ2v) is 17.7. The van der Waals surface area contributed by atoms with Gasteiger partial charge in [-0.1, -0.05) is 38.3 Å². The molecule has 51 heavy (non-hydrogen) atoms. The highest BCUT2D eigenvalue weighted by molar-refractivity contribution is 7.92. The molecule has 3 atom stereocenters. The molecule has 4 aliphatic rings. The maximum absolute atomic E-state index is 15.1. The van der Waals surface area contributed by atoms with E-state index in [0.717, 1.165) is 114 Å². The molecule has 0 spiro atoms. The summed E-state index contributed by atoms with van der Waals surface area (Å²) in [5.74, 6) is 1.73. The Morgan fingerprint density at radius 3 is 2.43 bits per heavy atom. The van der Waals surface area contributed by atoms with Crippen molar-refractivity contribution in [3.05, 3.63) is 78.1 Å². The molecule has 2 saturated carbocycles. The average molecular weight is 720 g/mol. The zero-order valence-corrected chi connectivity index (χ0v) is 31.0. The van der Waals surface area contributed by atoms with Crippen molar-refractivity contribution in [2.24, 2.45) is 17.8 Å². The molecular formula is C40H54FN5O4S. The monoisotopic (exact) mass is 719 g/mol. The van der Waals surface area contributed by atoms with Gasteiger partial charge in [-0.2, -0.15) is 0 Å². The first-order valence-corrected chi connectivity index (χ1v) is 20.7. The van der Waals surface area contributed by atoms with Gasteiger partial charge in [-0.15, -0.1) is 0 Å². The van der Waals surface area contributed by atoms with Crippen LogP contribution in [0.5, 0.6) is 0 Å². The zero-order chi connectivity index (χ0) is 35.6. The van der Waals surface area contributed by atoms with Crippen LogP contribution in [0.15, 0.2) is 65.8 Å². The Hall–Kier alpha value is -3.44. The number of aromatic nitrogens is 2. The number of sulfone groups is 1. The number of hydrogen-bond donors (Lipinski definition) is 1. The summed E-state index contributed by atoms with van der Waals surface area (Å²) >= 11 is 0. The Kier molecular flexibility index (Phi) is 10.8. The van der Waals surface area contributed by atoms with E-state index in [4.69, 9.17) is 4.74 Å². The van der Waals surface area contributed by atoms with Crippen LogP contribution in [0.1, 0.15) is 76.1 Å². The van der Waals surface area contributed by atoms with E-state index in [1.807, 2.05) is 24.4 Å². The normalized spacial score (nSPS) is 23.6. The van der Waals surface area contributed by atoms with Crippen molar-refractivity contribution in [1.29, 1.82) is 0 Å². The summed E-state index contributed by atoms with van der Waals surface area (Å²) in [4.78, 5) is 22.6. The van der Waals surface area contributed by atoms with E-state index in [0.29, 0.717) is 17.4 Å². The van der Waals surface area contributed by atoms with Gasteiger partial charge in [-0.25, -0.2) is 22.6 Å². The third-order valence-electron chi connectivity index (χ3n) is 12.6. The number of hydrogen-bond acceptors (Lipinski definition) is 7. The molecule has 4 fully saturated rings. The molecule has 276 valence electrons. The highest BCUT2D eigenvalue weighted by Crippen LogP contribution is 2.52. The third kappa shape index (κ3) is 7.30. The number of carbonyl (C=O) groups excluding carboxylic acids is 1. The van der Waals surface area contributed by atoms with Gasteiger partial charge in [0.05, 0.1) is 17.3 Å². The number of piperidine rings is 1. The Labute approximate surface area is 302 Å². The van der Waals surface area contributed by atoms with Crippen LogP contribution >= 0.6 is 0 Å². The lowest BCUT2D eigenvalue weighted by Crippen LogP contribution is -2.56. The molecule has 9 nitrogen and oxygen atoms in total. The third-order valence-corrected chi connectivity index (χ3v) is 14.9. The van der Waals surface area contributed by atoms with Gasteiger partial charge < -0.3 is 24.4 Å². The van der Waals surface area contributed by atoms with Gasteiger partial charge in [0.15, 0.2) is 9.84 Å². The lowest BCUT2D eigenvalue weighted by molar-refractivity contribution is 0.0541. The predicted molar refractivity (Wildman–Crippen MR) is 197 cm³/mol. The standard InChI is InChI=1S/C40H54FN5O4S/c1-3-38-42-20-23-45(38)28-40(31-8-6-9-32(41)24-31,36-12-7-13-37(36)43-39(47)50-2)30-18-21-44(22-19-30)25-29-26-46(27-29)33-14-16-35(17-15-33)51(48,49)34-10-4-5-11-34/h6,8-9,14-17,20,23-24,29-30,34,36-37H,3-5,7,10-13,18-19,21-22,25-28H2,1-2H3,(H,43,47)/t36-,37-,40-/m0/s1. The molecule has 2 saturated heterocycles. The number of aryl methyl sites for hydroxylation is 1. The van der Waals surface area contributed by atoms with Crippen LogP contribution in [0, 0.1) is 23.6 Å². The van der Waals surface area contributed by atoms with Crippen molar-refractivity contribution < 1.29 is 22.3 Å². The SMILES string of the molecule is CCc1nccn1C[C@@](c1cccc(F)c1)(C1CCN(CC2CN(c3ccc(S(=O)(=O)C4CCCC4)cc3)C2)CC1)[C@H]1CCC[C@@H]1NC(=O)OC. The quantitative estimate of drug-likeness (QED) is 0.225. The summed E-state index contributed by atoms with van der Waals surface area (Å²) in [6.07, 6.45) is 12.7.